The number of aromatic nitrogens is 2. The molecule has 0 aliphatic carbocycles. The summed E-state index contributed by atoms with van der Waals surface area (Å²) in [6.07, 6.45) is -5.02. The summed E-state index contributed by atoms with van der Waals surface area (Å²) in [4.78, 5) is 6.69. The van der Waals surface area contributed by atoms with Crippen molar-refractivity contribution >= 4 is 5.95 Å². The lowest BCUT2D eigenvalue weighted by molar-refractivity contribution is -0.141. The van der Waals surface area contributed by atoms with Crippen LogP contribution in [0.15, 0.2) is 6.07 Å². The largest absolute Gasteiger partial charge is 0.472 e. The zero-order chi connectivity index (χ0) is 13.8. The molecule has 1 aromatic heterocycles. The highest BCUT2D eigenvalue weighted by Crippen LogP contribution is 2.29. The van der Waals surface area contributed by atoms with Gasteiger partial charge in [-0.2, -0.15) is 18.2 Å². The number of rotatable bonds is 5. The van der Waals surface area contributed by atoms with Gasteiger partial charge in [-0.3, -0.25) is 0 Å². The molecule has 0 bridgehead atoms. The molecule has 0 fully saturated rings. The van der Waals surface area contributed by atoms with Crippen molar-refractivity contribution in [1.82, 2.24) is 9.97 Å². The van der Waals surface area contributed by atoms with Gasteiger partial charge < -0.3 is 15.2 Å². The highest BCUT2D eigenvalue weighted by Gasteiger charge is 2.33. The zero-order valence-electron chi connectivity index (χ0n) is 9.99. The third-order valence-electron chi connectivity index (χ3n) is 1.89. The summed E-state index contributed by atoms with van der Waals surface area (Å²) < 4.78 is 47.6. The van der Waals surface area contributed by atoms with E-state index in [1.165, 1.54) is 0 Å². The highest BCUT2D eigenvalue weighted by atomic mass is 19.4. The van der Waals surface area contributed by atoms with Crippen LogP contribution in [0.5, 0.6) is 5.88 Å². The molecule has 5 nitrogen and oxygen atoms in total. The van der Waals surface area contributed by atoms with Crippen LogP contribution >= 0.6 is 0 Å². The lowest BCUT2D eigenvalue weighted by Gasteiger charge is -2.15. The van der Waals surface area contributed by atoms with E-state index in [2.05, 4.69) is 9.97 Å². The van der Waals surface area contributed by atoms with Crippen LogP contribution in [0.25, 0.3) is 0 Å². The average molecular weight is 265 g/mol. The van der Waals surface area contributed by atoms with Gasteiger partial charge in [0.15, 0.2) is 5.69 Å². The Morgan fingerprint density at radius 2 is 2.06 bits per heavy atom. The highest BCUT2D eigenvalue weighted by molar-refractivity contribution is 5.27. The first-order chi connectivity index (χ1) is 8.32. The maximum absolute atomic E-state index is 12.5. The number of nitrogens with two attached hydrogens (primary N) is 1. The molecule has 18 heavy (non-hydrogen) atoms. The molecule has 1 unspecified atom stereocenters. The van der Waals surface area contributed by atoms with E-state index >= 15 is 0 Å². The second-order valence-corrected chi connectivity index (χ2v) is 3.54. The molecule has 0 aliphatic heterocycles. The first kappa shape index (κ1) is 14.5. The predicted octanol–water partition coefficient (Wildman–Crippen LogP) is 1.88. The van der Waals surface area contributed by atoms with Crippen molar-refractivity contribution in [3.8, 4) is 5.88 Å². The molecule has 0 saturated carbocycles. The molecule has 0 radical (unpaired) electrons. The molecule has 0 amide bonds. The quantitative estimate of drug-likeness (QED) is 0.880. The fraction of sp³-hybridized carbons (Fsp3) is 0.600. The number of ether oxygens (including phenoxy) is 2. The number of nitrogen functional groups attached to an aromatic ring is 1. The van der Waals surface area contributed by atoms with Gasteiger partial charge in [-0.15, -0.1) is 0 Å². The van der Waals surface area contributed by atoms with Crippen molar-refractivity contribution in [1.29, 1.82) is 0 Å². The van der Waals surface area contributed by atoms with Crippen molar-refractivity contribution < 1.29 is 22.6 Å². The van der Waals surface area contributed by atoms with Gasteiger partial charge in [0.05, 0.1) is 6.61 Å². The summed E-state index contributed by atoms with van der Waals surface area (Å²) in [6.45, 7) is 4.20. The molecule has 1 heterocycles. The van der Waals surface area contributed by atoms with E-state index in [-0.39, 0.29) is 12.5 Å². The minimum Gasteiger partial charge on any atom is -0.472 e. The molecule has 102 valence electrons. The molecular weight excluding hydrogens is 251 g/mol. The van der Waals surface area contributed by atoms with E-state index in [1.807, 2.05) is 0 Å². The standard InChI is InChI=1S/C10H14F3N3O2/c1-3-17-5-6(2)18-8-4-7(10(11,12)13)15-9(14)16-8/h4,6H,3,5H2,1-2H3,(H2,14,15,16). The number of hydrogen-bond donors (Lipinski definition) is 1. The topological polar surface area (TPSA) is 70.3 Å². The van der Waals surface area contributed by atoms with Gasteiger partial charge in [-0.25, -0.2) is 4.98 Å². The fourth-order valence-corrected chi connectivity index (χ4v) is 1.17. The van der Waals surface area contributed by atoms with E-state index in [4.69, 9.17) is 15.2 Å². The second kappa shape index (κ2) is 5.85. The lowest BCUT2D eigenvalue weighted by atomic mass is 10.4. The van der Waals surface area contributed by atoms with E-state index in [1.54, 1.807) is 13.8 Å². The summed E-state index contributed by atoms with van der Waals surface area (Å²) >= 11 is 0. The number of anilines is 1. The number of alkyl halides is 3. The van der Waals surface area contributed by atoms with Gasteiger partial charge in [0, 0.05) is 12.7 Å². The SMILES string of the molecule is CCOCC(C)Oc1cc(C(F)(F)F)nc(N)n1. The molecule has 8 heteroatoms. The third-order valence-corrected chi connectivity index (χ3v) is 1.89. The number of hydrogen-bond acceptors (Lipinski definition) is 5. The Hall–Kier alpha value is -1.57. The molecule has 2 N–H and O–H groups in total. The van der Waals surface area contributed by atoms with Crippen LogP contribution in [0.4, 0.5) is 19.1 Å². The van der Waals surface area contributed by atoms with Crippen molar-refractivity contribution in [3.63, 3.8) is 0 Å². The summed E-state index contributed by atoms with van der Waals surface area (Å²) in [5, 5.41) is 0. The Morgan fingerprint density at radius 1 is 1.39 bits per heavy atom. The van der Waals surface area contributed by atoms with E-state index in [9.17, 15) is 13.2 Å². The molecule has 0 aliphatic rings. The van der Waals surface area contributed by atoms with E-state index in [0.29, 0.717) is 12.7 Å². The van der Waals surface area contributed by atoms with Crippen LogP contribution < -0.4 is 10.5 Å². The maximum Gasteiger partial charge on any atom is 0.433 e. The van der Waals surface area contributed by atoms with Crippen LogP contribution in [-0.2, 0) is 10.9 Å². The number of nitrogens with zero attached hydrogens (tertiary/aromatic N) is 2. The predicted molar refractivity (Wildman–Crippen MR) is 58.0 cm³/mol. The fourth-order valence-electron chi connectivity index (χ4n) is 1.17. The Balaban J connectivity index is 2.80. The molecule has 0 saturated heterocycles. The zero-order valence-corrected chi connectivity index (χ0v) is 9.99. The lowest BCUT2D eigenvalue weighted by Crippen LogP contribution is -2.21. The van der Waals surface area contributed by atoms with Crippen LogP contribution in [-0.4, -0.2) is 29.3 Å². The molecule has 1 rings (SSSR count). The van der Waals surface area contributed by atoms with Crippen LogP contribution in [0.2, 0.25) is 0 Å². The van der Waals surface area contributed by atoms with E-state index < -0.39 is 23.9 Å². The van der Waals surface area contributed by atoms with Gasteiger partial charge in [-0.05, 0) is 13.8 Å². The summed E-state index contributed by atoms with van der Waals surface area (Å²) in [5.74, 6) is -0.703. The first-order valence-electron chi connectivity index (χ1n) is 5.29. The number of halogens is 3. The smallest absolute Gasteiger partial charge is 0.433 e. The van der Waals surface area contributed by atoms with Gasteiger partial charge in [-0.1, -0.05) is 0 Å². The first-order valence-corrected chi connectivity index (χ1v) is 5.29. The average Bonchev–Trinajstić information content (AvgIpc) is 2.24. The van der Waals surface area contributed by atoms with Crippen LogP contribution in [0.3, 0.4) is 0 Å². The van der Waals surface area contributed by atoms with Crippen LogP contribution in [0, 0.1) is 0 Å². The minimum absolute atomic E-state index is 0.220. The summed E-state index contributed by atoms with van der Waals surface area (Å²) in [7, 11) is 0. The molecule has 0 aromatic carbocycles. The van der Waals surface area contributed by atoms with Gasteiger partial charge in [0.25, 0.3) is 0 Å². The third kappa shape index (κ3) is 4.36. The second-order valence-electron chi connectivity index (χ2n) is 3.54. The van der Waals surface area contributed by atoms with Crippen molar-refractivity contribution in [2.24, 2.45) is 0 Å². The normalized spacial score (nSPS) is 13.4. The Bertz CT molecular complexity index is 398. The Labute approximate surface area is 102 Å². The van der Waals surface area contributed by atoms with Crippen molar-refractivity contribution in [3.05, 3.63) is 11.8 Å². The van der Waals surface area contributed by atoms with Gasteiger partial charge in [0.2, 0.25) is 11.8 Å². The summed E-state index contributed by atoms with van der Waals surface area (Å²) in [5.41, 5.74) is 4.07. The van der Waals surface area contributed by atoms with Gasteiger partial charge >= 0.3 is 6.18 Å². The molecule has 1 aromatic rings. The monoisotopic (exact) mass is 265 g/mol. The molecule has 0 spiro atoms. The van der Waals surface area contributed by atoms with E-state index in [0.717, 1.165) is 0 Å². The molecule has 1 atom stereocenters. The Morgan fingerprint density at radius 3 is 2.61 bits per heavy atom. The van der Waals surface area contributed by atoms with Gasteiger partial charge in [0.1, 0.15) is 6.10 Å². The summed E-state index contributed by atoms with van der Waals surface area (Å²) in [6, 6.07) is 0.707. The Kier molecular flexibility index (Phi) is 4.71. The van der Waals surface area contributed by atoms with Crippen LogP contribution in [0.1, 0.15) is 19.5 Å². The van der Waals surface area contributed by atoms with Crippen molar-refractivity contribution in [2.75, 3.05) is 18.9 Å². The van der Waals surface area contributed by atoms with Crippen molar-refractivity contribution in [2.45, 2.75) is 26.1 Å². The minimum atomic E-state index is -4.58. The maximum atomic E-state index is 12.5. The molecular formula is C10H14F3N3O2.